The van der Waals surface area contributed by atoms with E-state index in [-0.39, 0.29) is 24.4 Å². The number of hydrogen-bond acceptors (Lipinski definition) is 4. The molecule has 0 radical (unpaired) electrons. The fraction of sp³-hybridized carbons (Fsp3) is 0.875. The summed E-state index contributed by atoms with van der Waals surface area (Å²) in [6.07, 6.45) is 0.390. The van der Waals surface area contributed by atoms with E-state index in [0.29, 0.717) is 12.8 Å². The molecule has 1 saturated carbocycles. The van der Waals surface area contributed by atoms with Crippen LogP contribution in [0.25, 0.3) is 0 Å². The van der Waals surface area contributed by atoms with Gasteiger partial charge >= 0.3 is 5.97 Å². The van der Waals surface area contributed by atoms with Crippen molar-refractivity contribution in [3.8, 4) is 0 Å². The second kappa shape index (κ2) is 3.87. The highest BCUT2D eigenvalue weighted by atomic mass is 16.5. The van der Waals surface area contributed by atoms with Crippen molar-refractivity contribution in [2.75, 3.05) is 13.7 Å². The molecule has 0 bridgehead atoms. The maximum atomic E-state index is 11.0. The Labute approximate surface area is 71.2 Å². The fourth-order valence-electron chi connectivity index (χ4n) is 1.66. The Balaban J connectivity index is 2.48. The average Bonchev–Trinajstić information content (AvgIpc) is 2.45. The van der Waals surface area contributed by atoms with Crippen LogP contribution in [0.4, 0.5) is 0 Å². The molecular weight excluding hydrogens is 160 g/mol. The largest absolute Gasteiger partial charge is 0.469 e. The zero-order chi connectivity index (χ0) is 9.14. The SMILES string of the molecule is COC(=O)C1CC(O)C(CO)C1. The molecule has 4 nitrogen and oxygen atoms in total. The Kier molecular flexibility index (Phi) is 3.05. The van der Waals surface area contributed by atoms with E-state index in [1.165, 1.54) is 7.11 Å². The Bertz CT molecular complexity index is 168. The van der Waals surface area contributed by atoms with Gasteiger partial charge in [0.2, 0.25) is 0 Å². The molecule has 3 unspecified atom stereocenters. The molecule has 70 valence electrons. The molecule has 1 aliphatic rings. The highest BCUT2D eigenvalue weighted by Crippen LogP contribution is 2.31. The third kappa shape index (κ3) is 1.76. The molecule has 1 fully saturated rings. The Hall–Kier alpha value is -0.610. The van der Waals surface area contributed by atoms with E-state index < -0.39 is 6.10 Å². The minimum absolute atomic E-state index is 0.0609. The summed E-state index contributed by atoms with van der Waals surface area (Å²) in [5, 5.41) is 18.1. The smallest absolute Gasteiger partial charge is 0.308 e. The van der Waals surface area contributed by atoms with Crippen LogP contribution in [-0.2, 0) is 9.53 Å². The van der Waals surface area contributed by atoms with E-state index in [1.807, 2.05) is 0 Å². The first kappa shape index (κ1) is 9.48. The first-order valence-corrected chi connectivity index (χ1v) is 4.05. The third-order valence-electron chi connectivity index (χ3n) is 2.43. The molecule has 2 N–H and O–H groups in total. The van der Waals surface area contributed by atoms with Gasteiger partial charge in [0.05, 0.1) is 19.1 Å². The van der Waals surface area contributed by atoms with Crippen molar-refractivity contribution in [1.29, 1.82) is 0 Å². The Morgan fingerprint density at radius 2 is 2.25 bits per heavy atom. The Morgan fingerprint density at radius 3 is 2.67 bits per heavy atom. The molecule has 3 atom stereocenters. The number of ether oxygens (including phenoxy) is 1. The molecule has 0 saturated heterocycles. The minimum atomic E-state index is -0.556. The first-order valence-electron chi connectivity index (χ1n) is 4.05. The number of carbonyl (C=O) groups is 1. The average molecular weight is 174 g/mol. The maximum Gasteiger partial charge on any atom is 0.308 e. The van der Waals surface area contributed by atoms with Crippen LogP contribution < -0.4 is 0 Å². The summed E-state index contributed by atoms with van der Waals surface area (Å²) in [4.78, 5) is 11.0. The summed E-state index contributed by atoms with van der Waals surface area (Å²) in [5.41, 5.74) is 0. The fourth-order valence-corrected chi connectivity index (χ4v) is 1.66. The standard InChI is InChI=1S/C8H14O4/c1-12-8(11)5-2-6(4-9)7(10)3-5/h5-7,9-10H,2-4H2,1H3. The lowest BCUT2D eigenvalue weighted by atomic mass is 10.1. The van der Waals surface area contributed by atoms with Gasteiger partial charge in [-0.15, -0.1) is 0 Å². The van der Waals surface area contributed by atoms with Crippen LogP contribution in [0.3, 0.4) is 0 Å². The molecule has 0 aromatic carbocycles. The van der Waals surface area contributed by atoms with Crippen LogP contribution in [0.5, 0.6) is 0 Å². The highest BCUT2D eigenvalue weighted by molar-refractivity contribution is 5.72. The quantitative estimate of drug-likeness (QED) is 0.556. The molecule has 0 heterocycles. The van der Waals surface area contributed by atoms with Gasteiger partial charge < -0.3 is 14.9 Å². The molecule has 1 rings (SSSR count). The second-order valence-electron chi connectivity index (χ2n) is 3.20. The van der Waals surface area contributed by atoms with Crippen molar-refractivity contribution in [2.24, 2.45) is 11.8 Å². The van der Waals surface area contributed by atoms with Gasteiger partial charge in [-0.3, -0.25) is 4.79 Å². The monoisotopic (exact) mass is 174 g/mol. The zero-order valence-corrected chi connectivity index (χ0v) is 7.06. The van der Waals surface area contributed by atoms with Crippen LogP contribution in [-0.4, -0.2) is 36.0 Å². The predicted molar refractivity (Wildman–Crippen MR) is 41.3 cm³/mol. The van der Waals surface area contributed by atoms with Gasteiger partial charge in [0, 0.05) is 12.5 Å². The van der Waals surface area contributed by atoms with Crippen LogP contribution in [0.2, 0.25) is 0 Å². The van der Waals surface area contributed by atoms with E-state index in [9.17, 15) is 9.90 Å². The number of aliphatic hydroxyl groups is 2. The van der Waals surface area contributed by atoms with Gasteiger partial charge in [-0.05, 0) is 12.8 Å². The Morgan fingerprint density at radius 1 is 1.58 bits per heavy atom. The summed E-state index contributed by atoms with van der Waals surface area (Å²) >= 11 is 0. The van der Waals surface area contributed by atoms with Crippen molar-refractivity contribution in [3.05, 3.63) is 0 Å². The summed E-state index contributed by atoms with van der Waals surface area (Å²) in [6, 6.07) is 0. The molecule has 4 heteroatoms. The van der Waals surface area contributed by atoms with Crippen molar-refractivity contribution >= 4 is 5.97 Å². The van der Waals surface area contributed by atoms with Gasteiger partial charge in [-0.25, -0.2) is 0 Å². The number of hydrogen-bond donors (Lipinski definition) is 2. The molecule has 0 spiro atoms. The lowest BCUT2D eigenvalue weighted by Crippen LogP contribution is -2.16. The van der Waals surface area contributed by atoms with Crippen LogP contribution in [0.15, 0.2) is 0 Å². The zero-order valence-electron chi connectivity index (χ0n) is 7.06. The van der Waals surface area contributed by atoms with Gasteiger partial charge in [0.25, 0.3) is 0 Å². The molecule has 0 aromatic rings. The number of methoxy groups -OCH3 is 1. The molecule has 12 heavy (non-hydrogen) atoms. The van der Waals surface area contributed by atoms with Crippen LogP contribution in [0.1, 0.15) is 12.8 Å². The molecular formula is C8H14O4. The molecule has 1 aliphatic carbocycles. The van der Waals surface area contributed by atoms with E-state index in [4.69, 9.17) is 5.11 Å². The summed E-state index contributed by atoms with van der Waals surface area (Å²) in [7, 11) is 1.33. The maximum absolute atomic E-state index is 11.0. The number of esters is 1. The minimum Gasteiger partial charge on any atom is -0.469 e. The third-order valence-corrected chi connectivity index (χ3v) is 2.43. The molecule has 0 aliphatic heterocycles. The number of rotatable bonds is 2. The van der Waals surface area contributed by atoms with E-state index >= 15 is 0 Å². The van der Waals surface area contributed by atoms with Crippen LogP contribution >= 0.6 is 0 Å². The van der Waals surface area contributed by atoms with Crippen LogP contribution in [0, 0.1) is 11.8 Å². The first-order chi connectivity index (χ1) is 5.69. The number of aliphatic hydroxyl groups excluding tert-OH is 2. The predicted octanol–water partition coefficient (Wildman–Crippen LogP) is -0.461. The number of carbonyl (C=O) groups excluding carboxylic acids is 1. The summed E-state index contributed by atoms with van der Waals surface area (Å²) < 4.78 is 4.54. The van der Waals surface area contributed by atoms with Gasteiger partial charge in [-0.1, -0.05) is 0 Å². The van der Waals surface area contributed by atoms with Gasteiger partial charge in [0.15, 0.2) is 0 Å². The van der Waals surface area contributed by atoms with Crippen molar-refractivity contribution < 1.29 is 19.7 Å². The summed E-state index contributed by atoms with van der Waals surface area (Å²) in [6.45, 7) is -0.0609. The van der Waals surface area contributed by atoms with Crippen molar-refractivity contribution in [1.82, 2.24) is 0 Å². The van der Waals surface area contributed by atoms with Crippen molar-refractivity contribution in [2.45, 2.75) is 18.9 Å². The summed E-state index contributed by atoms with van der Waals surface area (Å²) in [5.74, 6) is -0.679. The highest BCUT2D eigenvalue weighted by Gasteiger charge is 2.36. The topological polar surface area (TPSA) is 66.8 Å². The lowest BCUT2D eigenvalue weighted by Gasteiger charge is -2.08. The van der Waals surface area contributed by atoms with Gasteiger partial charge in [0.1, 0.15) is 0 Å². The normalized spacial score (nSPS) is 35.1. The molecule has 0 amide bonds. The molecule has 0 aromatic heterocycles. The lowest BCUT2D eigenvalue weighted by molar-refractivity contribution is -0.145. The second-order valence-corrected chi connectivity index (χ2v) is 3.20. The van der Waals surface area contributed by atoms with E-state index in [1.54, 1.807) is 0 Å². The van der Waals surface area contributed by atoms with Crippen molar-refractivity contribution in [3.63, 3.8) is 0 Å². The van der Waals surface area contributed by atoms with E-state index in [2.05, 4.69) is 4.74 Å². The van der Waals surface area contributed by atoms with Gasteiger partial charge in [-0.2, -0.15) is 0 Å². The van der Waals surface area contributed by atoms with E-state index in [0.717, 1.165) is 0 Å².